The fraction of sp³-hybridized carbons (Fsp3) is 0.400. The Morgan fingerprint density at radius 2 is 1.35 bits per heavy atom. The van der Waals surface area contributed by atoms with Gasteiger partial charge < -0.3 is 0 Å². The quantitative estimate of drug-likeness (QED) is 0.705. The second-order valence-electron chi connectivity index (χ2n) is 6.48. The zero-order valence-corrected chi connectivity index (χ0v) is 12.4. The Morgan fingerprint density at radius 3 is 1.75 bits per heavy atom. The minimum Gasteiger partial charge on any atom is -0.0622 e. The zero-order valence-electron chi connectivity index (χ0n) is 12.4. The first-order chi connectivity index (χ1) is 9.78. The SMILES string of the molecule is CC1CCCC1(Cc1ccccc1)Cc1ccccc1. The molecule has 0 heterocycles. The molecule has 0 N–H and O–H groups in total. The summed E-state index contributed by atoms with van der Waals surface area (Å²) in [6.45, 7) is 2.46. The second-order valence-corrected chi connectivity index (χ2v) is 6.48. The molecule has 0 aromatic heterocycles. The third-order valence-electron chi connectivity index (χ3n) is 5.16. The van der Waals surface area contributed by atoms with E-state index in [2.05, 4.69) is 67.6 Å². The summed E-state index contributed by atoms with van der Waals surface area (Å²) in [5.41, 5.74) is 3.46. The van der Waals surface area contributed by atoms with Gasteiger partial charge in [-0.1, -0.05) is 80.4 Å². The van der Waals surface area contributed by atoms with E-state index in [0.717, 1.165) is 5.92 Å². The molecule has 104 valence electrons. The fourth-order valence-corrected chi connectivity index (χ4v) is 3.91. The van der Waals surface area contributed by atoms with Gasteiger partial charge in [0, 0.05) is 0 Å². The van der Waals surface area contributed by atoms with Crippen molar-refractivity contribution in [2.75, 3.05) is 0 Å². The number of benzene rings is 2. The monoisotopic (exact) mass is 264 g/mol. The lowest BCUT2D eigenvalue weighted by Crippen LogP contribution is -2.29. The van der Waals surface area contributed by atoms with Gasteiger partial charge in [-0.05, 0) is 41.7 Å². The summed E-state index contributed by atoms with van der Waals surface area (Å²) in [7, 11) is 0. The molecule has 1 atom stereocenters. The van der Waals surface area contributed by atoms with Gasteiger partial charge in [0.1, 0.15) is 0 Å². The maximum Gasteiger partial charge on any atom is -0.0191 e. The average molecular weight is 264 g/mol. The van der Waals surface area contributed by atoms with E-state index in [1.807, 2.05) is 0 Å². The number of hydrogen-bond acceptors (Lipinski definition) is 0. The molecule has 1 aliphatic rings. The van der Waals surface area contributed by atoms with E-state index < -0.39 is 0 Å². The van der Waals surface area contributed by atoms with Gasteiger partial charge in [0.05, 0.1) is 0 Å². The summed E-state index contributed by atoms with van der Waals surface area (Å²) in [5, 5.41) is 0. The van der Waals surface area contributed by atoms with Gasteiger partial charge >= 0.3 is 0 Å². The summed E-state index contributed by atoms with van der Waals surface area (Å²) in [4.78, 5) is 0. The van der Waals surface area contributed by atoms with Crippen molar-refractivity contribution in [3.8, 4) is 0 Å². The van der Waals surface area contributed by atoms with E-state index in [1.54, 1.807) is 0 Å². The van der Waals surface area contributed by atoms with Crippen molar-refractivity contribution in [3.05, 3.63) is 71.8 Å². The van der Waals surface area contributed by atoms with E-state index >= 15 is 0 Å². The molecule has 2 aromatic rings. The van der Waals surface area contributed by atoms with Crippen LogP contribution in [-0.4, -0.2) is 0 Å². The highest BCUT2D eigenvalue weighted by Crippen LogP contribution is 2.47. The van der Waals surface area contributed by atoms with Gasteiger partial charge in [-0.25, -0.2) is 0 Å². The van der Waals surface area contributed by atoms with Crippen LogP contribution in [0, 0.1) is 11.3 Å². The molecule has 0 saturated heterocycles. The molecule has 0 radical (unpaired) electrons. The van der Waals surface area contributed by atoms with Crippen molar-refractivity contribution in [3.63, 3.8) is 0 Å². The van der Waals surface area contributed by atoms with Crippen LogP contribution in [0.1, 0.15) is 37.3 Å². The third kappa shape index (κ3) is 2.80. The average Bonchev–Trinajstić information content (AvgIpc) is 2.82. The fourth-order valence-electron chi connectivity index (χ4n) is 3.91. The molecule has 0 spiro atoms. The first-order valence-corrected chi connectivity index (χ1v) is 7.86. The van der Waals surface area contributed by atoms with E-state index in [9.17, 15) is 0 Å². The summed E-state index contributed by atoms with van der Waals surface area (Å²) in [5.74, 6) is 0.822. The van der Waals surface area contributed by atoms with Crippen LogP contribution < -0.4 is 0 Å². The molecule has 3 rings (SSSR count). The van der Waals surface area contributed by atoms with Crippen LogP contribution in [0.25, 0.3) is 0 Å². The molecular formula is C20H24. The van der Waals surface area contributed by atoms with Crippen molar-refractivity contribution in [2.24, 2.45) is 11.3 Å². The lowest BCUT2D eigenvalue weighted by molar-refractivity contribution is 0.211. The van der Waals surface area contributed by atoms with Crippen LogP contribution in [0.3, 0.4) is 0 Å². The van der Waals surface area contributed by atoms with Gasteiger partial charge in [-0.15, -0.1) is 0 Å². The van der Waals surface area contributed by atoms with Crippen LogP contribution >= 0.6 is 0 Å². The topological polar surface area (TPSA) is 0 Å². The molecule has 0 nitrogen and oxygen atoms in total. The number of hydrogen-bond donors (Lipinski definition) is 0. The van der Waals surface area contributed by atoms with Crippen LogP contribution in [-0.2, 0) is 12.8 Å². The maximum absolute atomic E-state index is 2.46. The molecule has 1 fully saturated rings. The molecule has 0 amide bonds. The second kappa shape index (κ2) is 5.83. The highest BCUT2D eigenvalue weighted by molar-refractivity contribution is 5.22. The Bertz CT molecular complexity index is 485. The Hall–Kier alpha value is -1.56. The summed E-state index contributed by atoms with van der Waals surface area (Å²) < 4.78 is 0. The minimum atomic E-state index is 0.461. The van der Waals surface area contributed by atoms with E-state index in [-0.39, 0.29) is 0 Å². The van der Waals surface area contributed by atoms with Gasteiger partial charge in [0.15, 0.2) is 0 Å². The Balaban J connectivity index is 1.85. The Kier molecular flexibility index (Phi) is 3.91. The van der Waals surface area contributed by atoms with E-state index in [4.69, 9.17) is 0 Å². The molecule has 1 aliphatic carbocycles. The Morgan fingerprint density at radius 1 is 0.850 bits per heavy atom. The zero-order chi connectivity index (χ0) is 13.8. The van der Waals surface area contributed by atoms with Crippen molar-refractivity contribution >= 4 is 0 Å². The molecule has 20 heavy (non-hydrogen) atoms. The minimum absolute atomic E-state index is 0.461. The standard InChI is InChI=1S/C20H24/c1-17-9-8-14-20(17,15-18-10-4-2-5-11-18)16-19-12-6-3-7-13-19/h2-7,10-13,17H,8-9,14-16H2,1H3. The van der Waals surface area contributed by atoms with Crippen molar-refractivity contribution in [1.82, 2.24) is 0 Å². The van der Waals surface area contributed by atoms with Gasteiger partial charge in [0.2, 0.25) is 0 Å². The van der Waals surface area contributed by atoms with E-state index in [1.165, 1.54) is 43.2 Å². The molecular weight excluding hydrogens is 240 g/mol. The van der Waals surface area contributed by atoms with Crippen molar-refractivity contribution < 1.29 is 0 Å². The molecule has 0 bridgehead atoms. The van der Waals surface area contributed by atoms with Gasteiger partial charge in [-0.3, -0.25) is 0 Å². The summed E-state index contributed by atoms with van der Waals surface area (Å²) >= 11 is 0. The largest absolute Gasteiger partial charge is 0.0622 e. The van der Waals surface area contributed by atoms with Crippen LogP contribution in [0.2, 0.25) is 0 Å². The predicted molar refractivity (Wildman–Crippen MR) is 85.7 cm³/mol. The molecule has 0 aliphatic heterocycles. The highest BCUT2D eigenvalue weighted by atomic mass is 14.4. The van der Waals surface area contributed by atoms with Gasteiger partial charge in [0.25, 0.3) is 0 Å². The summed E-state index contributed by atoms with van der Waals surface area (Å²) in [6, 6.07) is 22.1. The van der Waals surface area contributed by atoms with Crippen LogP contribution in [0.4, 0.5) is 0 Å². The molecule has 1 saturated carbocycles. The number of rotatable bonds is 4. The molecule has 0 heteroatoms. The predicted octanol–water partition coefficient (Wildman–Crippen LogP) is 5.28. The molecule has 2 aromatic carbocycles. The molecule has 1 unspecified atom stereocenters. The lowest BCUT2D eigenvalue weighted by atomic mass is 9.70. The van der Waals surface area contributed by atoms with Crippen molar-refractivity contribution in [1.29, 1.82) is 0 Å². The first kappa shape index (κ1) is 13.4. The summed E-state index contributed by atoms with van der Waals surface area (Å²) in [6.07, 6.45) is 6.60. The van der Waals surface area contributed by atoms with Crippen molar-refractivity contribution in [2.45, 2.75) is 39.0 Å². The Labute approximate surface area is 122 Å². The smallest absolute Gasteiger partial charge is 0.0191 e. The van der Waals surface area contributed by atoms with Crippen LogP contribution in [0.5, 0.6) is 0 Å². The normalized spacial score (nSPS) is 20.9. The van der Waals surface area contributed by atoms with E-state index in [0.29, 0.717) is 5.41 Å². The van der Waals surface area contributed by atoms with Gasteiger partial charge in [-0.2, -0.15) is 0 Å². The maximum atomic E-state index is 2.46. The third-order valence-corrected chi connectivity index (χ3v) is 5.16. The van der Waals surface area contributed by atoms with Crippen LogP contribution in [0.15, 0.2) is 60.7 Å². The lowest BCUT2D eigenvalue weighted by Gasteiger charge is -2.34. The highest BCUT2D eigenvalue weighted by Gasteiger charge is 2.39. The first-order valence-electron chi connectivity index (χ1n) is 7.86.